The number of carbonyl (C=O) groups is 1. The lowest BCUT2D eigenvalue weighted by atomic mass is 10.2. The quantitative estimate of drug-likeness (QED) is 0.377. The van der Waals surface area contributed by atoms with Crippen LogP contribution < -0.4 is 0 Å². The minimum atomic E-state index is -0.359. The highest BCUT2D eigenvalue weighted by Gasteiger charge is 2.23. The molecule has 0 aromatic heterocycles. The van der Waals surface area contributed by atoms with Gasteiger partial charge in [0.1, 0.15) is 6.04 Å². The Morgan fingerprint density at radius 2 is 2.44 bits per heavy atom. The molecule has 48 valence electrons. The Hall–Kier alpha value is -0.950. The number of hydrogen-bond donors (Lipinski definition) is 0. The minimum Gasteiger partial charge on any atom is -0.297 e. The van der Waals surface area contributed by atoms with Crippen molar-refractivity contribution in [3.05, 3.63) is 0 Å². The summed E-state index contributed by atoms with van der Waals surface area (Å²) in [5, 5.41) is 0. The Labute approximate surface area is 52.8 Å². The van der Waals surface area contributed by atoms with Crippen molar-refractivity contribution in [3.8, 4) is 0 Å². The molecule has 1 atom stereocenters. The molecule has 1 saturated carbocycles. The number of rotatable bonds is 1. The lowest BCUT2D eigenvalue weighted by Crippen LogP contribution is -2.08. The van der Waals surface area contributed by atoms with Crippen LogP contribution in [-0.4, -0.2) is 17.9 Å². The topological polar surface area (TPSA) is 46.5 Å². The number of nitrogens with zero attached hydrogens (tertiary/aromatic N) is 1. The minimum absolute atomic E-state index is 0.0818. The van der Waals surface area contributed by atoms with Gasteiger partial charge in [0, 0.05) is 6.42 Å². The first-order chi connectivity index (χ1) is 4.34. The standard InChI is InChI=1S/C6H7NO2/c8-4-7-5-2-1-3-6(5)9/h5H,1-3H2. The van der Waals surface area contributed by atoms with E-state index in [1.807, 2.05) is 0 Å². The summed E-state index contributed by atoms with van der Waals surface area (Å²) in [6.45, 7) is 0. The van der Waals surface area contributed by atoms with Crippen LogP contribution in [0.25, 0.3) is 0 Å². The largest absolute Gasteiger partial charge is 0.297 e. The lowest BCUT2D eigenvalue weighted by molar-refractivity contribution is -0.118. The Morgan fingerprint density at radius 1 is 1.67 bits per heavy atom. The summed E-state index contributed by atoms with van der Waals surface area (Å²) >= 11 is 0. The van der Waals surface area contributed by atoms with E-state index in [-0.39, 0.29) is 11.8 Å². The smallest absolute Gasteiger partial charge is 0.235 e. The molecule has 3 nitrogen and oxygen atoms in total. The van der Waals surface area contributed by atoms with Gasteiger partial charge in [-0.05, 0) is 12.8 Å². The normalized spacial score (nSPS) is 25.8. The molecule has 3 heteroatoms. The zero-order valence-corrected chi connectivity index (χ0v) is 4.96. The summed E-state index contributed by atoms with van der Waals surface area (Å²) < 4.78 is 0. The van der Waals surface area contributed by atoms with Gasteiger partial charge in [0.15, 0.2) is 5.78 Å². The predicted molar refractivity (Wildman–Crippen MR) is 30.8 cm³/mol. The van der Waals surface area contributed by atoms with Crippen molar-refractivity contribution in [2.24, 2.45) is 4.99 Å². The van der Waals surface area contributed by atoms with E-state index in [1.165, 1.54) is 6.08 Å². The summed E-state index contributed by atoms with van der Waals surface area (Å²) in [6, 6.07) is -0.359. The molecule has 0 amide bonds. The molecule has 1 rings (SSSR count). The molecule has 0 aromatic rings. The van der Waals surface area contributed by atoms with Crippen LogP contribution in [0.5, 0.6) is 0 Å². The Kier molecular flexibility index (Phi) is 1.75. The first kappa shape index (κ1) is 6.17. The number of carbonyl (C=O) groups excluding carboxylic acids is 2. The number of hydrogen-bond acceptors (Lipinski definition) is 3. The summed E-state index contributed by atoms with van der Waals surface area (Å²) in [5.41, 5.74) is 0. The number of isocyanates is 1. The Balaban J connectivity index is 2.59. The Morgan fingerprint density at radius 3 is 2.89 bits per heavy atom. The van der Waals surface area contributed by atoms with Crippen LogP contribution in [0.2, 0.25) is 0 Å². The second-order valence-electron chi connectivity index (χ2n) is 2.09. The molecule has 0 N–H and O–H groups in total. The fraction of sp³-hybridized carbons (Fsp3) is 0.667. The molecule has 9 heavy (non-hydrogen) atoms. The molecule has 0 aliphatic heterocycles. The molecule has 0 saturated heterocycles. The molecule has 0 spiro atoms. The Bertz CT molecular complexity index is 170. The van der Waals surface area contributed by atoms with E-state index >= 15 is 0 Å². The first-order valence-electron chi connectivity index (χ1n) is 2.94. The molecule has 0 aromatic carbocycles. The third-order valence-electron chi connectivity index (χ3n) is 1.48. The molecular weight excluding hydrogens is 118 g/mol. The van der Waals surface area contributed by atoms with Gasteiger partial charge in [-0.3, -0.25) is 4.79 Å². The molecule has 1 unspecified atom stereocenters. The van der Waals surface area contributed by atoms with E-state index in [4.69, 9.17) is 0 Å². The van der Waals surface area contributed by atoms with E-state index in [9.17, 15) is 9.59 Å². The van der Waals surface area contributed by atoms with Gasteiger partial charge in [0.2, 0.25) is 6.08 Å². The fourth-order valence-electron chi connectivity index (χ4n) is 0.997. The summed E-state index contributed by atoms with van der Waals surface area (Å²) in [4.78, 5) is 23.7. The van der Waals surface area contributed by atoms with Crippen molar-refractivity contribution >= 4 is 11.9 Å². The van der Waals surface area contributed by atoms with Crippen LogP contribution in [0.1, 0.15) is 19.3 Å². The molecule has 1 fully saturated rings. The second-order valence-corrected chi connectivity index (χ2v) is 2.09. The van der Waals surface area contributed by atoms with Crippen molar-refractivity contribution < 1.29 is 9.59 Å². The van der Waals surface area contributed by atoms with Gasteiger partial charge >= 0.3 is 0 Å². The highest BCUT2D eigenvalue weighted by molar-refractivity contribution is 5.86. The highest BCUT2D eigenvalue weighted by atomic mass is 16.1. The highest BCUT2D eigenvalue weighted by Crippen LogP contribution is 2.16. The maximum atomic E-state index is 10.7. The molecule has 0 bridgehead atoms. The third kappa shape index (κ3) is 1.24. The van der Waals surface area contributed by atoms with E-state index in [2.05, 4.69) is 4.99 Å². The van der Waals surface area contributed by atoms with E-state index in [0.29, 0.717) is 6.42 Å². The summed E-state index contributed by atoms with van der Waals surface area (Å²) in [6.07, 6.45) is 3.57. The van der Waals surface area contributed by atoms with Crippen LogP contribution in [-0.2, 0) is 9.59 Å². The maximum Gasteiger partial charge on any atom is 0.235 e. The molecular formula is C6H7NO2. The van der Waals surface area contributed by atoms with Gasteiger partial charge in [0.25, 0.3) is 0 Å². The van der Waals surface area contributed by atoms with Gasteiger partial charge in [0.05, 0.1) is 0 Å². The van der Waals surface area contributed by atoms with E-state index in [1.54, 1.807) is 0 Å². The van der Waals surface area contributed by atoms with Gasteiger partial charge in [-0.15, -0.1) is 0 Å². The number of Topliss-reactive ketones (excluding diaryl/α,β-unsaturated/α-hetero) is 1. The van der Waals surface area contributed by atoms with Crippen molar-refractivity contribution in [1.29, 1.82) is 0 Å². The van der Waals surface area contributed by atoms with Crippen LogP contribution in [0.4, 0.5) is 0 Å². The van der Waals surface area contributed by atoms with E-state index < -0.39 is 0 Å². The monoisotopic (exact) mass is 125 g/mol. The predicted octanol–water partition coefficient (Wildman–Crippen LogP) is 0.444. The average Bonchev–Trinajstić information content (AvgIpc) is 2.18. The molecule has 1 aliphatic rings. The zero-order chi connectivity index (χ0) is 6.69. The number of ketones is 1. The summed E-state index contributed by atoms with van der Waals surface area (Å²) in [7, 11) is 0. The molecule has 0 radical (unpaired) electrons. The van der Waals surface area contributed by atoms with Crippen molar-refractivity contribution in [2.75, 3.05) is 0 Å². The van der Waals surface area contributed by atoms with Crippen LogP contribution in [0, 0.1) is 0 Å². The SMILES string of the molecule is O=C=NC1CCCC1=O. The van der Waals surface area contributed by atoms with Gasteiger partial charge in [-0.2, -0.15) is 4.99 Å². The van der Waals surface area contributed by atoms with Crippen molar-refractivity contribution in [2.45, 2.75) is 25.3 Å². The molecule has 1 aliphatic carbocycles. The molecule has 0 heterocycles. The van der Waals surface area contributed by atoms with Crippen LogP contribution >= 0.6 is 0 Å². The van der Waals surface area contributed by atoms with Crippen LogP contribution in [0.3, 0.4) is 0 Å². The first-order valence-corrected chi connectivity index (χ1v) is 2.94. The fourth-order valence-corrected chi connectivity index (χ4v) is 0.997. The number of aliphatic imine (C=N–C) groups is 1. The summed E-state index contributed by atoms with van der Waals surface area (Å²) in [5.74, 6) is 0.0818. The van der Waals surface area contributed by atoms with Crippen molar-refractivity contribution in [1.82, 2.24) is 0 Å². The van der Waals surface area contributed by atoms with Gasteiger partial charge in [-0.25, -0.2) is 4.79 Å². The van der Waals surface area contributed by atoms with Gasteiger partial charge in [-0.1, -0.05) is 0 Å². The van der Waals surface area contributed by atoms with Crippen LogP contribution in [0.15, 0.2) is 4.99 Å². The lowest BCUT2D eigenvalue weighted by Gasteiger charge is -1.92. The second kappa shape index (κ2) is 2.55. The maximum absolute atomic E-state index is 10.7. The van der Waals surface area contributed by atoms with E-state index in [0.717, 1.165) is 12.8 Å². The average molecular weight is 125 g/mol. The van der Waals surface area contributed by atoms with Gasteiger partial charge < -0.3 is 0 Å². The van der Waals surface area contributed by atoms with Crippen molar-refractivity contribution in [3.63, 3.8) is 0 Å². The third-order valence-corrected chi connectivity index (χ3v) is 1.48. The zero-order valence-electron chi connectivity index (χ0n) is 4.96.